The Bertz CT molecular complexity index is 1370. The van der Waals surface area contributed by atoms with Gasteiger partial charge in [-0.2, -0.15) is 0 Å². The van der Waals surface area contributed by atoms with Gasteiger partial charge in [-0.1, -0.05) is 35.5 Å². The van der Waals surface area contributed by atoms with Gasteiger partial charge in [-0.25, -0.2) is 14.0 Å². The third-order valence-electron chi connectivity index (χ3n) is 5.45. The molecule has 1 aromatic heterocycles. The lowest BCUT2D eigenvalue weighted by Gasteiger charge is -2.15. The van der Waals surface area contributed by atoms with Gasteiger partial charge in [0.1, 0.15) is 35.7 Å². The van der Waals surface area contributed by atoms with Gasteiger partial charge < -0.3 is 19.1 Å². The van der Waals surface area contributed by atoms with E-state index >= 15 is 0 Å². The number of carboxylic acid groups (broad SMARTS) is 1. The van der Waals surface area contributed by atoms with Crippen LogP contribution in [0.1, 0.15) is 40.3 Å². The lowest BCUT2D eigenvalue weighted by atomic mass is 10.1. The topological polar surface area (TPSA) is 111 Å². The predicted molar refractivity (Wildman–Crippen MR) is 129 cm³/mol. The summed E-state index contributed by atoms with van der Waals surface area (Å²) in [6, 6.07) is 19.5. The first-order chi connectivity index (χ1) is 17.3. The molecule has 0 aliphatic rings. The second kappa shape index (κ2) is 10.7. The van der Waals surface area contributed by atoms with Crippen LogP contribution in [0, 0.1) is 12.7 Å². The van der Waals surface area contributed by atoms with Crippen molar-refractivity contribution in [3.63, 3.8) is 0 Å². The number of aromatic carboxylic acids is 1. The Kier molecular flexibility index (Phi) is 7.29. The highest BCUT2D eigenvalue weighted by Gasteiger charge is 2.20. The largest absolute Gasteiger partial charge is 0.489 e. The van der Waals surface area contributed by atoms with Crippen molar-refractivity contribution in [2.75, 3.05) is 5.32 Å². The van der Waals surface area contributed by atoms with E-state index in [0.717, 1.165) is 5.56 Å². The van der Waals surface area contributed by atoms with Crippen LogP contribution in [0.15, 0.2) is 77.3 Å². The van der Waals surface area contributed by atoms with E-state index in [-0.39, 0.29) is 17.7 Å². The van der Waals surface area contributed by atoms with Crippen LogP contribution < -0.4 is 10.1 Å². The number of nitrogens with zero attached hydrogens (tertiary/aromatic N) is 1. The fourth-order valence-corrected chi connectivity index (χ4v) is 3.50. The summed E-state index contributed by atoms with van der Waals surface area (Å²) in [7, 11) is 0. The van der Waals surface area contributed by atoms with Gasteiger partial charge in [0.25, 0.3) is 0 Å². The molecular weight excluding hydrogens is 467 g/mol. The van der Waals surface area contributed by atoms with Crippen molar-refractivity contribution in [2.24, 2.45) is 0 Å². The van der Waals surface area contributed by atoms with Gasteiger partial charge in [-0.3, -0.25) is 5.32 Å². The minimum absolute atomic E-state index is 0.209. The maximum absolute atomic E-state index is 14.0. The smallest absolute Gasteiger partial charge is 0.412 e. The highest BCUT2D eigenvalue weighted by molar-refractivity contribution is 5.91. The van der Waals surface area contributed by atoms with E-state index in [0.29, 0.717) is 28.5 Å². The van der Waals surface area contributed by atoms with Gasteiger partial charge in [-0.15, -0.1) is 0 Å². The quantitative estimate of drug-likeness (QED) is 0.295. The van der Waals surface area contributed by atoms with Crippen LogP contribution in [0.3, 0.4) is 0 Å². The molecule has 0 aliphatic heterocycles. The summed E-state index contributed by atoms with van der Waals surface area (Å²) in [5.74, 6) is -0.471. The fourth-order valence-electron chi connectivity index (χ4n) is 3.50. The van der Waals surface area contributed by atoms with E-state index in [1.165, 1.54) is 18.2 Å². The predicted octanol–water partition coefficient (Wildman–Crippen LogP) is 6.38. The fraction of sp³-hybridized carbons (Fsp3) is 0.148. The molecule has 0 aliphatic carbocycles. The summed E-state index contributed by atoms with van der Waals surface area (Å²) in [6.07, 6.45) is -1.57. The van der Waals surface area contributed by atoms with Crippen LogP contribution in [-0.2, 0) is 11.3 Å². The minimum Gasteiger partial charge on any atom is -0.489 e. The molecule has 4 aromatic rings. The number of benzene rings is 3. The molecule has 0 fully saturated rings. The van der Waals surface area contributed by atoms with Crippen molar-refractivity contribution in [3.05, 3.63) is 101 Å². The standard InChI is InChI=1S/C27H23FN2O6/c1-16(22-5-3-4-6-23(22)28)35-27(33)29-24-17(2)36-30-25(24)19-11-13-21(14-12-19)34-15-18-7-9-20(10-8-18)26(31)32/h3-14,16H,15H2,1-2H3,(H,29,33)(H,31,32). The van der Waals surface area contributed by atoms with Crippen LogP contribution in [-0.4, -0.2) is 22.3 Å². The third-order valence-corrected chi connectivity index (χ3v) is 5.45. The first kappa shape index (κ1) is 24.5. The molecular formula is C27H23FN2O6. The molecule has 36 heavy (non-hydrogen) atoms. The summed E-state index contributed by atoms with van der Waals surface area (Å²) < 4.78 is 30.4. The number of halogens is 1. The Morgan fingerprint density at radius 3 is 2.42 bits per heavy atom. The minimum atomic E-state index is -0.983. The zero-order valence-electron chi connectivity index (χ0n) is 19.5. The van der Waals surface area contributed by atoms with E-state index in [1.807, 2.05) is 0 Å². The number of hydrogen-bond acceptors (Lipinski definition) is 6. The molecule has 0 saturated heterocycles. The number of carbonyl (C=O) groups is 2. The summed E-state index contributed by atoms with van der Waals surface area (Å²) in [4.78, 5) is 23.5. The second-order valence-corrected chi connectivity index (χ2v) is 7.97. The number of aryl methyl sites for hydroxylation is 1. The average Bonchev–Trinajstić information content (AvgIpc) is 3.23. The van der Waals surface area contributed by atoms with E-state index in [9.17, 15) is 14.0 Å². The van der Waals surface area contributed by atoms with Crippen molar-refractivity contribution >= 4 is 17.7 Å². The molecule has 3 aromatic carbocycles. The first-order valence-corrected chi connectivity index (χ1v) is 11.1. The van der Waals surface area contributed by atoms with Crippen LogP contribution in [0.2, 0.25) is 0 Å². The van der Waals surface area contributed by atoms with Crippen molar-refractivity contribution < 1.29 is 33.1 Å². The van der Waals surface area contributed by atoms with E-state index in [2.05, 4.69) is 10.5 Å². The molecule has 1 amide bonds. The number of nitrogens with one attached hydrogen (secondary N) is 1. The normalized spacial score (nSPS) is 11.5. The van der Waals surface area contributed by atoms with Crippen LogP contribution in [0.5, 0.6) is 5.75 Å². The lowest BCUT2D eigenvalue weighted by molar-refractivity contribution is 0.0696. The SMILES string of the molecule is Cc1onc(-c2ccc(OCc3ccc(C(=O)O)cc3)cc2)c1NC(=O)OC(C)c1ccccc1F. The molecule has 0 spiro atoms. The van der Waals surface area contributed by atoms with Crippen molar-refractivity contribution in [1.82, 2.24) is 5.16 Å². The highest BCUT2D eigenvalue weighted by atomic mass is 19.1. The highest BCUT2D eigenvalue weighted by Crippen LogP contribution is 2.32. The van der Waals surface area contributed by atoms with E-state index in [1.54, 1.807) is 68.4 Å². The van der Waals surface area contributed by atoms with Gasteiger partial charge in [0.2, 0.25) is 0 Å². The Morgan fingerprint density at radius 1 is 1.06 bits per heavy atom. The zero-order chi connectivity index (χ0) is 25.7. The summed E-state index contributed by atoms with van der Waals surface area (Å²) >= 11 is 0. The van der Waals surface area contributed by atoms with Gasteiger partial charge in [0, 0.05) is 11.1 Å². The maximum atomic E-state index is 14.0. The number of aromatic nitrogens is 1. The van der Waals surface area contributed by atoms with Gasteiger partial charge in [0.05, 0.1) is 5.56 Å². The monoisotopic (exact) mass is 490 g/mol. The summed E-state index contributed by atoms with van der Waals surface area (Å²) in [5, 5.41) is 15.7. The van der Waals surface area contributed by atoms with E-state index in [4.69, 9.17) is 19.1 Å². The summed E-state index contributed by atoms with van der Waals surface area (Å²) in [5.41, 5.74) is 2.71. The molecule has 9 heteroatoms. The third kappa shape index (κ3) is 5.69. The number of carbonyl (C=O) groups excluding carboxylic acids is 1. The molecule has 0 saturated carbocycles. The second-order valence-electron chi connectivity index (χ2n) is 7.97. The van der Waals surface area contributed by atoms with Crippen molar-refractivity contribution in [2.45, 2.75) is 26.6 Å². The van der Waals surface area contributed by atoms with Crippen molar-refractivity contribution in [1.29, 1.82) is 0 Å². The Hall–Kier alpha value is -4.66. The number of carboxylic acids is 1. The zero-order valence-corrected chi connectivity index (χ0v) is 19.5. The molecule has 0 bridgehead atoms. The van der Waals surface area contributed by atoms with Crippen molar-refractivity contribution in [3.8, 4) is 17.0 Å². The van der Waals surface area contributed by atoms with Gasteiger partial charge in [-0.05, 0) is 61.9 Å². The molecule has 1 heterocycles. The number of anilines is 1. The number of rotatable bonds is 8. The summed E-state index contributed by atoms with van der Waals surface area (Å²) in [6.45, 7) is 3.50. The molecule has 1 atom stereocenters. The Labute approximate surface area is 206 Å². The molecule has 0 radical (unpaired) electrons. The number of amides is 1. The van der Waals surface area contributed by atoms with E-state index < -0.39 is 24.0 Å². The molecule has 1 unspecified atom stereocenters. The molecule has 4 rings (SSSR count). The Morgan fingerprint density at radius 2 is 1.75 bits per heavy atom. The van der Waals surface area contributed by atoms with Crippen LogP contribution in [0.4, 0.5) is 14.9 Å². The molecule has 184 valence electrons. The Balaban J connectivity index is 1.40. The van der Waals surface area contributed by atoms with Gasteiger partial charge in [0.15, 0.2) is 5.76 Å². The number of ether oxygens (including phenoxy) is 2. The molecule has 2 N–H and O–H groups in total. The first-order valence-electron chi connectivity index (χ1n) is 11.1. The average molecular weight is 490 g/mol. The lowest BCUT2D eigenvalue weighted by Crippen LogP contribution is -2.17. The van der Waals surface area contributed by atoms with Crippen LogP contribution >= 0.6 is 0 Å². The van der Waals surface area contributed by atoms with Gasteiger partial charge >= 0.3 is 12.1 Å². The molecule has 8 nitrogen and oxygen atoms in total. The van der Waals surface area contributed by atoms with Crippen LogP contribution in [0.25, 0.3) is 11.3 Å². The maximum Gasteiger partial charge on any atom is 0.412 e. The number of hydrogen-bond donors (Lipinski definition) is 2.